The molecule has 2 rings (SSSR count). The van der Waals surface area contributed by atoms with E-state index >= 15 is 0 Å². The second kappa shape index (κ2) is 5.79. The fourth-order valence-corrected chi connectivity index (χ4v) is 2.29. The third-order valence-corrected chi connectivity index (χ3v) is 3.37. The molecule has 6 heteroatoms. The van der Waals surface area contributed by atoms with Gasteiger partial charge >= 0.3 is 0 Å². The highest BCUT2D eigenvalue weighted by molar-refractivity contribution is 9.11. The second-order valence-corrected chi connectivity index (χ2v) is 5.43. The van der Waals surface area contributed by atoms with Gasteiger partial charge in [-0.2, -0.15) is 0 Å². The van der Waals surface area contributed by atoms with Crippen LogP contribution in [0.15, 0.2) is 39.4 Å². The predicted octanol–water partition coefficient (Wildman–Crippen LogP) is 4.34. The van der Waals surface area contributed by atoms with Crippen LogP contribution in [0.3, 0.4) is 0 Å². The Morgan fingerprint density at radius 1 is 1.11 bits per heavy atom. The molecule has 0 aliphatic rings. The zero-order chi connectivity index (χ0) is 14.0. The van der Waals surface area contributed by atoms with Gasteiger partial charge in [-0.1, -0.05) is 0 Å². The summed E-state index contributed by atoms with van der Waals surface area (Å²) in [6.07, 6.45) is 1.46. The van der Waals surface area contributed by atoms with Crippen molar-refractivity contribution in [1.82, 2.24) is 4.98 Å². The van der Waals surface area contributed by atoms with Crippen molar-refractivity contribution in [2.75, 3.05) is 0 Å². The van der Waals surface area contributed by atoms with Gasteiger partial charge in [0.05, 0.1) is 5.70 Å². The van der Waals surface area contributed by atoms with Gasteiger partial charge in [-0.25, -0.2) is 13.8 Å². The Balaban J connectivity index is 2.45. The monoisotopic (exact) mass is 388 g/mol. The van der Waals surface area contributed by atoms with Gasteiger partial charge < -0.3 is 5.73 Å². The van der Waals surface area contributed by atoms with E-state index in [1.807, 2.05) is 0 Å². The van der Waals surface area contributed by atoms with Crippen LogP contribution >= 0.6 is 31.9 Å². The summed E-state index contributed by atoms with van der Waals surface area (Å²) in [5, 5.41) is 0. The molecule has 1 heterocycles. The van der Waals surface area contributed by atoms with Gasteiger partial charge in [0.2, 0.25) is 0 Å². The predicted molar refractivity (Wildman–Crippen MR) is 78.1 cm³/mol. The van der Waals surface area contributed by atoms with Crippen LogP contribution in [0, 0.1) is 11.6 Å². The Labute approximate surface area is 125 Å². The van der Waals surface area contributed by atoms with E-state index in [4.69, 9.17) is 5.73 Å². The van der Waals surface area contributed by atoms with E-state index in [1.165, 1.54) is 18.2 Å². The minimum atomic E-state index is -0.652. The molecule has 0 saturated carbocycles. The van der Waals surface area contributed by atoms with Crippen molar-refractivity contribution < 1.29 is 8.78 Å². The summed E-state index contributed by atoms with van der Waals surface area (Å²) < 4.78 is 27.5. The number of benzene rings is 1. The Morgan fingerprint density at radius 3 is 2.37 bits per heavy atom. The van der Waals surface area contributed by atoms with Crippen LogP contribution in [0.5, 0.6) is 0 Å². The summed E-state index contributed by atoms with van der Waals surface area (Å²) in [6.45, 7) is 0. The average molecular weight is 390 g/mol. The van der Waals surface area contributed by atoms with Crippen LogP contribution in [0.1, 0.15) is 11.3 Å². The smallest absolute Gasteiger partial charge is 0.126 e. The van der Waals surface area contributed by atoms with E-state index in [0.29, 0.717) is 26.0 Å². The third kappa shape index (κ3) is 3.61. The van der Waals surface area contributed by atoms with Gasteiger partial charge in [-0.15, -0.1) is 0 Å². The van der Waals surface area contributed by atoms with Crippen molar-refractivity contribution in [3.05, 3.63) is 62.3 Å². The molecule has 0 fully saturated rings. The van der Waals surface area contributed by atoms with Crippen LogP contribution in [-0.2, 0) is 0 Å². The van der Waals surface area contributed by atoms with Crippen LogP contribution in [0.25, 0.3) is 11.8 Å². The Kier molecular flexibility index (Phi) is 4.31. The number of rotatable bonds is 2. The summed E-state index contributed by atoms with van der Waals surface area (Å²) in [5.41, 5.74) is 7.04. The first kappa shape index (κ1) is 14.1. The lowest BCUT2D eigenvalue weighted by Gasteiger charge is -2.05. The summed E-state index contributed by atoms with van der Waals surface area (Å²) in [7, 11) is 0. The van der Waals surface area contributed by atoms with Crippen molar-refractivity contribution in [2.24, 2.45) is 5.73 Å². The molecule has 1 aromatic carbocycles. The minimum absolute atomic E-state index is 0.304. The number of nitrogens with zero attached hydrogens (tertiary/aromatic N) is 1. The summed E-state index contributed by atoms with van der Waals surface area (Å²) in [5.74, 6) is -1.30. The number of nitrogens with two attached hydrogens (primary N) is 1. The molecule has 0 radical (unpaired) electrons. The number of aromatic nitrogens is 1. The molecule has 0 aliphatic carbocycles. The van der Waals surface area contributed by atoms with Crippen LogP contribution in [0.4, 0.5) is 8.78 Å². The average Bonchev–Trinajstić information content (AvgIpc) is 2.30. The van der Waals surface area contributed by atoms with Gasteiger partial charge in [-0.05, 0) is 67.8 Å². The number of hydrogen-bond donors (Lipinski definition) is 1. The van der Waals surface area contributed by atoms with E-state index in [-0.39, 0.29) is 0 Å². The van der Waals surface area contributed by atoms with Gasteiger partial charge in [0, 0.05) is 10.5 Å². The molecule has 1 aromatic heterocycles. The van der Waals surface area contributed by atoms with Crippen molar-refractivity contribution in [1.29, 1.82) is 0 Å². The molecule has 2 N–H and O–H groups in total. The molecule has 0 saturated heterocycles. The van der Waals surface area contributed by atoms with Gasteiger partial charge in [0.1, 0.15) is 21.9 Å². The number of halogens is 4. The summed E-state index contributed by atoms with van der Waals surface area (Å²) in [4.78, 5) is 4.20. The fourth-order valence-electron chi connectivity index (χ4n) is 1.53. The quantitative estimate of drug-likeness (QED) is 0.776. The summed E-state index contributed by atoms with van der Waals surface area (Å²) in [6, 6.07) is 6.73. The molecular formula is C13H8Br2F2N2. The SMILES string of the molecule is N/C(=C\c1cc(F)cc(F)c1)c1nc(Br)ccc1Br. The maximum absolute atomic E-state index is 13.1. The molecule has 0 bridgehead atoms. The highest BCUT2D eigenvalue weighted by Gasteiger charge is 2.07. The first-order chi connectivity index (χ1) is 8.95. The van der Waals surface area contributed by atoms with Crippen molar-refractivity contribution in [3.8, 4) is 0 Å². The fraction of sp³-hybridized carbons (Fsp3) is 0. The number of pyridine rings is 1. The zero-order valence-electron chi connectivity index (χ0n) is 9.50. The number of hydrogen-bond acceptors (Lipinski definition) is 2. The van der Waals surface area contributed by atoms with Crippen LogP contribution in [0.2, 0.25) is 0 Å². The standard InChI is InChI=1S/C13H8Br2F2N2/c14-10-1-2-12(15)19-13(10)11(18)5-7-3-8(16)6-9(17)4-7/h1-6H,18H2/b11-5-. The topological polar surface area (TPSA) is 38.9 Å². The molecular weight excluding hydrogens is 382 g/mol. The second-order valence-electron chi connectivity index (χ2n) is 3.77. The van der Waals surface area contributed by atoms with Crippen molar-refractivity contribution >= 4 is 43.6 Å². The van der Waals surface area contributed by atoms with Gasteiger partial charge in [0.15, 0.2) is 0 Å². The molecule has 0 unspecified atom stereocenters. The summed E-state index contributed by atoms with van der Waals surface area (Å²) >= 11 is 6.56. The van der Waals surface area contributed by atoms with Gasteiger partial charge in [-0.3, -0.25) is 0 Å². The molecule has 0 amide bonds. The largest absolute Gasteiger partial charge is 0.397 e. The van der Waals surface area contributed by atoms with Crippen LogP contribution in [-0.4, -0.2) is 4.98 Å². The zero-order valence-corrected chi connectivity index (χ0v) is 12.7. The van der Waals surface area contributed by atoms with E-state index in [9.17, 15) is 8.78 Å². The lowest BCUT2D eigenvalue weighted by molar-refractivity contribution is 0.583. The first-order valence-electron chi connectivity index (χ1n) is 5.21. The Morgan fingerprint density at radius 2 is 1.74 bits per heavy atom. The molecule has 98 valence electrons. The molecule has 2 aromatic rings. The van der Waals surface area contributed by atoms with Crippen LogP contribution < -0.4 is 5.73 Å². The normalized spacial score (nSPS) is 11.7. The van der Waals surface area contributed by atoms with E-state index in [0.717, 1.165) is 6.07 Å². The highest BCUT2D eigenvalue weighted by atomic mass is 79.9. The van der Waals surface area contributed by atoms with Gasteiger partial charge in [0.25, 0.3) is 0 Å². The Bertz CT molecular complexity index is 637. The molecule has 19 heavy (non-hydrogen) atoms. The Hall–Kier alpha value is -1.27. The maximum Gasteiger partial charge on any atom is 0.126 e. The lowest BCUT2D eigenvalue weighted by Crippen LogP contribution is -2.00. The van der Waals surface area contributed by atoms with E-state index in [2.05, 4.69) is 36.8 Å². The van der Waals surface area contributed by atoms with E-state index in [1.54, 1.807) is 12.1 Å². The van der Waals surface area contributed by atoms with Crippen molar-refractivity contribution in [3.63, 3.8) is 0 Å². The molecule has 2 nitrogen and oxygen atoms in total. The lowest BCUT2D eigenvalue weighted by atomic mass is 10.1. The molecule has 0 aliphatic heterocycles. The third-order valence-electron chi connectivity index (χ3n) is 2.29. The van der Waals surface area contributed by atoms with Crippen molar-refractivity contribution in [2.45, 2.75) is 0 Å². The highest BCUT2D eigenvalue weighted by Crippen LogP contribution is 2.23. The molecule has 0 spiro atoms. The van der Waals surface area contributed by atoms with E-state index < -0.39 is 11.6 Å². The first-order valence-corrected chi connectivity index (χ1v) is 6.80. The molecule has 0 atom stereocenters. The minimum Gasteiger partial charge on any atom is -0.397 e. The maximum atomic E-state index is 13.1.